The van der Waals surface area contributed by atoms with Gasteiger partial charge in [-0.1, -0.05) is 26.8 Å². The van der Waals surface area contributed by atoms with Gasteiger partial charge in [0.2, 0.25) is 10.0 Å². The summed E-state index contributed by atoms with van der Waals surface area (Å²) in [5.74, 6) is 0.412. The highest BCUT2D eigenvalue weighted by atomic mass is 32.2. The van der Waals surface area contributed by atoms with Crippen molar-refractivity contribution in [2.24, 2.45) is 0 Å². The first-order valence-corrected chi connectivity index (χ1v) is 11.3. The molecule has 1 N–H and O–H groups in total. The first kappa shape index (κ1) is 22.9. The minimum atomic E-state index is -3.63. The molecular weight excluding hydrogens is 388 g/mol. The van der Waals surface area contributed by atoms with E-state index in [1.165, 1.54) is 10.4 Å². The summed E-state index contributed by atoms with van der Waals surface area (Å²) in [5.41, 5.74) is 2.58. The Morgan fingerprint density at radius 3 is 2.28 bits per heavy atom. The maximum Gasteiger partial charge on any atom is 0.255 e. The van der Waals surface area contributed by atoms with Crippen LogP contribution in [0.2, 0.25) is 0 Å². The van der Waals surface area contributed by atoms with E-state index in [2.05, 4.69) is 5.32 Å². The Bertz CT molecular complexity index is 967. The molecule has 29 heavy (non-hydrogen) atoms. The van der Waals surface area contributed by atoms with Crippen molar-refractivity contribution < 1.29 is 17.9 Å². The van der Waals surface area contributed by atoms with Crippen molar-refractivity contribution in [3.05, 3.63) is 53.1 Å². The second-order valence-corrected chi connectivity index (χ2v) is 8.78. The van der Waals surface area contributed by atoms with Gasteiger partial charge >= 0.3 is 0 Å². The molecule has 2 aromatic rings. The number of amides is 1. The standard InChI is InChI=1S/C22H30N2O4S/c1-6-13-28-18-10-12-21(17(5)14-18)23-22(25)20-15-19(11-9-16(20)4)29(26,27)24(7-2)8-3/h9-12,14-15H,6-8,13H2,1-5H3,(H,23,25). The Morgan fingerprint density at radius 2 is 1.69 bits per heavy atom. The molecule has 0 aliphatic heterocycles. The highest BCUT2D eigenvalue weighted by Gasteiger charge is 2.23. The Balaban J connectivity index is 2.30. The fourth-order valence-corrected chi connectivity index (χ4v) is 4.48. The normalized spacial score (nSPS) is 11.5. The number of rotatable bonds is 9. The number of hydrogen-bond acceptors (Lipinski definition) is 4. The molecule has 0 unspecified atom stereocenters. The molecule has 1 amide bonds. The van der Waals surface area contributed by atoms with E-state index in [-0.39, 0.29) is 10.8 Å². The molecule has 158 valence electrons. The second kappa shape index (κ2) is 9.89. The predicted molar refractivity (Wildman–Crippen MR) is 116 cm³/mol. The molecule has 6 nitrogen and oxygen atoms in total. The summed E-state index contributed by atoms with van der Waals surface area (Å²) < 4.78 is 32.6. The molecule has 0 aliphatic rings. The highest BCUT2D eigenvalue weighted by molar-refractivity contribution is 7.89. The third-order valence-corrected chi connectivity index (χ3v) is 6.76. The summed E-state index contributed by atoms with van der Waals surface area (Å²) in [4.78, 5) is 13.0. The molecule has 0 aliphatic carbocycles. The number of nitrogens with one attached hydrogen (secondary N) is 1. The first-order valence-electron chi connectivity index (χ1n) is 9.90. The lowest BCUT2D eigenvalue weighted by Gasteiger charge is -2.19. The van der Waals surface area contributed by atoms with Crippen LogP contribution < -0.4 is 10.1 Å². The SMILES string of the molecule is CCCOc1ccc(NC(=O)c2cc(S(=O)(=O)N(CC)CC)ccc2C)c(C)c1. The number of sulfonamides is 1. The zero-order valence-electron chi connectivity index (χ0n) is 17.8. The molecule has 2 aromatic carbocycles. The van der Waals surface area contributed by atoms with E-state index in [0.717, 1.165) is 17.7 Å². The summed E-state index contributed by atoms with van der Waals surface area (Å²) in [6, 6.07) is 10.1. The molecular formula is C22H30N2O4S. The molecule has 0 atom stereocenters. The molecule has 0 aromatic heterocycles. The third-order valence-electron chi connectivity index (χ3n) is 4.72. The zero-order valence-corrected chi connectivity index (χ0v) is 18.6. The van der Waals surface area contributed by atoms with Gasteiger partial charge in [0.15, 0.2) is 0 Å². The van der Waals surface area contributed by atoms with Crippen molar-refractivity contribution >= 4 is 21.6 Å². The van der Waals surface area contributed by atoms with Crippen LogP contribution in [0.5, 0.6) is 5.75 Å². The van der Waals surface area contributed by atoms with Crippen LogP contribution in [0.1, 0.15) is 48.7 Å². The van der Waals surface area contributed by atoms with Crippen LogP contribution in [0.15, 0.2) is 41.3 Å². The first-order chi connectivity index (χ1) is 13.7. The molecule has 0 spiro atoms. The van der Waals surface area contributed by atoms with Crippen LogP contribution in [-0.2, 0) is 10.0 Å². The van der Waals surface area contributed by atoms with E-state index in [4.69, 9.17) is 4.74 Å². The van der Waals surface area contributed by atoms with E-state index in [9.17, 15) is 13.2 Å². The van der Waals surface area contributed by atoms with E-state index in [0.29, 0.717) is 36.5 Å². The maximum atomic E-state index is 12.9. The summed E-state index contributed by atoms with van der Waals surface area (Å²) in [6.07, 6.45) is 0.920. The number of anilines is 1. The average molecular weight is 419 g/mol. The molecule has 2 rings (SSSR count). The zero-order chi connectivity index (χ0) is 21.6. The van der Waals surface area contributed by atoms with Crippen LogP contribution in [-0.4, -0.2) is 38.3 Å². The van der Waals surface area contributed by atoms with Crippen molar-refractivity contribution in [3.8, 4) is 5.75 Å². The van der Waals surface area contributed by atoms with Gasteiger partial charge in [0, 0.05) is 24.3 Å². The lowest BCUT2D eigenvalue weighted by atomic mass is 10.1. The van der Waals surface area contributed by atoms with Crippen LogP contribution in [0.4, 0.5) is 5.69 Å². The van der Waals surface area contributed by atoms with Gasteiger partial charge in [-0.15, -0.1) is 0 Å². The number of hydrogen-bond donors (Lipinski definition) is 1. The quantitative estimate of drug-likeness (QED) is 0.656. The van der Waals surface area contributed by atoms with Crippen LogP contribution >= 0.6 is 0 Å². The number of carbonyl (C=O) groups excluding carboxylic acids is 1. The number of aryl methyl sites for hydroxylation is 2. The van der Waals surface area contributed by atoms with Gasteiger partial charge in [0.25, 0.3) is 5.91 Å². The molecule has 7 heteroatoms. The van der Waals surface area contributed by atoms with E-state index in [1.807, 2.05) is 26.0 Å². The number of ether oxygens (including phenoxy) is 1. The monoisotopic (exact) mass is 418 g/mol. The van der Waals surface area contributed by atoms with Crippen molar-refractivity contribution in [1.82, 2.24) is 4.31 Å². The topological polar surface area (TPSA) is 75.7 Å². The fraction of sp³-hybridized carbons (Fsp3) is 0.409. The van der Waals surface area contributed by atoms with Crippen LogP contribution in [0.3, 0.4) is 0 Å². The third kappa shape index (κ3) is 5.36. The molecule has 0 saturated carbocycles. The van der Waals surface area contributed by atoms with E-state index in [1.54, 1.807) is 39.0 Å². The fourth-order valence-electron chi connectivity index (χ4n) is 2.99. The van der Waals surface area contributed by atoms with Gasteiger partial charge in [-0.3, -0.25) is 4.79 Å². The number of benzene rings is 2. The predicted octanol–water partition coefficient (Wildman–Crippen LogP) is 4.38. The van der Waals surface area contributed by atoms with Gasteiger partial charge < -0.3 is 10.1 Å². The number of carbonyl (C=O) groups is 1. The van der Waals surface area contributed by atoms with Crippen LogP contribution in [0, 0.1) is 13.8 Å². The molecule has 0 saturated heterocycles. The lowest BCUT2D eigenvalue weighted by molar-refractivity contribution is 0.102. The molecule has 0 bridgehead atoms. The summed E-state index contributed by atoms with van der Waals surface area (Å²) in [5, 5.41) is 2.88. The van der Waals surface area contributed by atoms with Gasteiger partial charge in [-0.2, -0.15) is 4.31 Å². The van der Waals surface area contributed by atoms with Crippen molar-refractivity contribution in [3.63, 3.8) is 0 Å². The average Bonchev–Trinajstić information content (AvgIpc) is 2.69. The van der Waals surface area contributed by atoms with Gasteiger partial charge in [0.1, 0.15) is 5.75 Å². The lowest BCUT2D eigenvalue weighted by Crippen LogP contribution is -2.30. The summed E-state index contributed by atoms with van der Waals surface area (Å²) >= 11 is 0. The number of nitrogens with zero attached hydrogens (tertiary/aromatic N) is 1. The highest BCUT2D eigenvalue weighted by Crippen LogP contribution is 2.24. The van der Waals surface area contributed by atoms with Gasteiger partial charge in [-0.25, -0.2) is 8.42 Å². The van der Waals surface area contributed by atoms with E-state index >= 15 is 0 Å². The Labute approximate surface area is 173 Å². The van der Waals surface area contributed by atoms with Crippen LogP contribution in [0.25, 0.3) is 0 Å². The maximum absolute atomic E-state index is 12.9. The Kier molecular flexibility index (Phi) is 7.81. The molecule has 0 heterocycles. The Hall–Kier alpha value is -2.38. The largest absolute Gasteiger partial charge is 0.494 e. The van der Waals surface area contributed by atoms with Gasteiger partial charge in [0.05, 0.1) is 11.5 Å². The van der Waals surface area contributed by atoms with Crippen molar-refractivity contribution in [2.45, 2.75) is 45.9 Å². The summed E-state index contributed by atoms with van der Waals surface area (Å²) in [7, 11) is -3.63. The smallest absolute Gasteiger partial charge is 0.255 e. The van der Waals surface area contributed by atoms with Gasteiger partial charge in [-0.05, 0) is 61.7 Å². The molecule has 0 fully saturated rings. The minimum absolute atomic E-state index is 0.122. The minimum Gasteiger partial charge on any atom is -0.494 e. The van der Waals surface area contributed by atoms with E-state index < -0.39 is 10.0 Å². The second-order valence-electron chi connectivity index (χ2n) is 6.85. The van der Waals surface area contributed by atoms with Crippen molar-refractivity contribution in [1.29, 1.82) is 0 Å². The Morgan fingerprint density at radius 1 is 1.00 bits per heavy atom. The van der Waals surface area contributed by atoms with Crippen molar-refractivity contribution in [2.75, 3.05) is 25.0 Å². The summed E-state index contributed by atoms with van der Waals surface area (Å²) in [6.45, 7) is 10.7. The molecule has 0 radical (unpaired) electrons.